The van der Waals surface area contributed by atoms with Crippen molar-refractivity contribution in [2.75, 3.05) is 26.2 Å². The SMILES string of the molecule is Cc1nn(-c2ccc(F)cc2F)c(C)c1C(=O)N1CCC(CN2CCCCC2=O)CC1. The topological polar surface area (TPSA) is 58.4 Å². The molecule has 2 amide bonds. The van der Waals surface area contributed by atoms with Gasteiger partial charge in [0.15, 0.2) is 5.82 Å². The van der Waals surface area contributed by atoms with Gasteiger partial charge in [0.1, 0.15) is 11.5 Å². The van der Waals surface area contributed by atoms with E-state index in [2.05, 4.69) is 5.10 Å². The van der Waals surface area contributed by atoms with Crippen molar-refractivity contribution in [2.24, 2.45) is 5.92 Å². The molecule has 0 atom stereocenters. The highest BCUT2D eigenvalue weighted by atomic mass is 19.1. The number of nitrogens with zero attached hydrogens (tertiary/aromatic N) is 4. The lowest BCUT2D eigenvalue weighted by Crippen LogP contribution is -2.44. The van der Waals surface area contributed by atoms with Gasteiger partial charge in [-0.2, -0.15) is 5.10 Å². The molecule has 0 aliphatic carbocycles. The lowest BCUT2D eigenvalue weighted by atomic mass is 9.94. The Morgan fingerprint density at radius 3 is 2.55 bits per heavy atom. The predicted octanol–water partition coefficient (Wildman–Crippen LogP) is 3.63. The van der Waals surface area contributed by atoms with Gasteiger partial charge in [0.2, 0.25) is 5.91 Å². The van der Waals surface area contributed by atoms with Gasteiger partial charge in [-0.25, -0.2) is 13.5 Å². The van der Waals surface area contributed by atoms with Crippen molar-refractivity contribution in [1.29, 1.82) is 0 Å². The van der Waals surface area contributed by atoms with Crippen molar-refractivity contribution in [3.63, 3.8) is 0 Å². The molecule has 31 heavy (non-hydrogen) atoms. The average Bonchev–Trinajstić information content (AvgIpc) is 3.03. The van der Waals surface area contributed by atoms with Crippen LogP contribution in [0.5, 0.6) is 0 Å². The third kappa shape index (κ3) is 4.34. The fourth-order valence-corrected chi connectivity index (χ4v) is 4.68. The summed E-state index contributed by atoms with van der Waals surface area (Å²) >= 11 is 0. The van der Waals surface area contributed by atoms with Crippen LogP contribution in [-0.4, -0.2) is 57.6 Å². The largest absolute Gasteiger partial charge is 0.342 e. The highest BCUT2D eigenvalue weighted by Crippen LogP contribution is 2.26. The number of likely N-dealkylation sites (tertiary alicyclic amines) is 2. The second-order valence-electron chi connectivity index (χ2n) is 8.59. The third-order valence-corrected chi connectivity index (χ3v) is 6.44. The van der Waals surface area contributed by atoms with Crippen molar-refractivity contribution >= 4 is 11.8 Å². The molecule has 8 heteroatoms. The minimum Gasteiger partial charge on any atom is -0.342 e. The van der Waals surface area contributed by atoms with E-state index in [1.54, 1.807) is 13.8 Å². The molecule has 0 bridgehead atoms. The molecular weight excluding hydrogens is 402 g/mol. The number of aromatic nitrogens is 2. The molecule has 0 saturated carbocycles. The first-order valence-corrected chi connectivity index (χ1v) is 10.9. The molecular formula is C23H28F2N4O2. The van der Waals surface area contributed by atoms with E-state index in [-0.39, 0.29) is 17.5 Å². The Morgan fingerprint density at radius 2 is 1.87 bits per heavy atom. The molecule has 1 aromatic heterocycles. The van der Waals surface area contributed by atoms with Crippen molar-refractivity contribution < 1.29 is 18.4 Å². The van der Waals surface area contributed by atoms with Gasteiger partial charge < -0.3 is 9.80 Å². The van der Waals surface area contributed by atoms with Gasteiger partial charge in [0, 0.05) is 38.7 Å². The van der Waals surface area contributed by atoms with Crippen LogP contribution < -0.4 is 0 Å². The third-order valence-electron chi connectivity index (χ3n) is 6.44. The zero-order valence-electron chi connectivity index (χ0n) is 18.0. The number of rotatable bonds is 4. The average molecular weight is 430 g/mol. The number of carbonyl (C=O) groups is 2. The van der Waals surface area contributed by atoms with E-state index in [9.17, 15) is 18.4 Å². The summed E-state index contributed by atoms with van der Waals surface area (Å²) in [4.78, 5) is 29.1. The number of benzene rings is 1. The lowest BCUT2D eigenvalue weighted by molar-refractivity contribution is -0.134. The van der Waals surface area contributed by atoms with Crippen LogP contribution in [0.2, 0.25) is 0 Å². The summed E-state index contributed by atoms with van der Waals surface area (Å²) in [6.45, 7) is 6.33. The summed E-state index contributed by atoms with van der Waals surface area (Å²) in [6, 6.07) is 3.31. The van der Waals surface area contributed by atoms with Gasteiger partial charge >= 0.3 is 0 Å². The fraction of sp³-hybridized carbons (Fsp3) is 0.522. The normalized spacial score (nSPS) is 18.0. The molecule has 2 aromatic rings. The molecule has 2 aliphatic rings. The van der Waals surface area contributed by atoms with E-state index in [0.717, 1.165) is 44.8 Å². The molecule has 3 heterocycles. The van der Waals surface area contributed by atoms with E-state index in [1.807, 2.05) is 9.80 Å². The molecule has 0 unspecified atom stereocenters. The Bertz CT molecular complexity index is 996. The lowest BCUT2D eigenvalue weighted by Gasteiger charge is -2.36. The van der Waals surface area contributed by atoms with Crippen LogP contribution in [-0.2, 0) is 4.79 Å². The zero-order valence-corrected chi connectivity index (χ0v) is 18.0. The number of amides is 2. The monoisotopic (exact) mass is 430 g/mol. The summed E-state index contributed by atoms with van der Waals surface area (Å²) in [5.41, 5.74) is 1.64. The Balaban J connectivity index is 1.44. The number of hydrogen-bond donors (Lipinski definition) is 0. The first kappa shape index (κ1) is 21.5. The first-order valence-electron chi connectivity index (χ1n) is 10.9. The molecule has 2 aliphatic heterocycles. The standard InChI is InChI=1S/C23H28F2N4O2/c1-15-22(16(2)29(26-15)20-7-6-18(24)13-19(20)25)23(31)27-11-8-17(9-12-27)14-28-10-4-3-5-21(28)30/h6-7,13,17H,3-5,8-12,14H2,1-2H3. The summed E-state index contributed by atoms with van der Waals surface area (Å²) < 4.78 is 28.9. The van der Waals surface area contributed by atoms with Crippen LogP contribution in [0.4, 0.5) is 8.78 Å². The number of aryl methyl sites for hydroxylation is 1. The highest BCUT2D eigenvalue weighted by molar-refractivity contribution is 5.96. The number of piperidine rings is 2. The molecule has 1 aromatic carbocycles. The van der Waals surface area contributed by atoms with Crippen LogP contribution in [0.3, 0.4) is 0 Å². The van der Waals surface area contributed by atoms with Gasteiger partial charge in [0.05, 0.1) is 17.0 Å². The van der Waals surface area contributed by atoms with Gasteiger partial charge in [-0.1, -0.05) is 0 Å². The Morgan fingerprint density at radius 1 is 1.13 bits per heavy atom. The zero-order chi connectivity index (χ0) is 22.1. The molecule has 2 saturated heterocycles. The van der Waals surface area contributed by atoms with E-state index in [0.29, 0.717) is 42.4 Å². The van der Waals surface area contributed by atoms with E-state index in [4.69, 9.17) is 0 Å². The Labute approximate surface area is 180 Å². The van der Waals surface area contributed by atoms with Crippen LogP contribution in [0.15, 0.2) is 18.2 Å². The highest BCUT2D eigenvalue weighted by Gasteiger charge is 2.30. The molecule has 6 nitrogen and oxygen atoms in total. The van der Waals surface area contributed by atoms with Gasteiger partial charge in [0.25, 0.3) is 5.91 Å². The van der Waals surface area contributed by atoms with Crippen LogP contribution >= 0.6 is 0 Å². The number of carbonyl (C=O) groups excluding carboxylic acids is 2. The first-order chi connectivity index (χ1) is 14.8. The second kappa shape index (κ2) is 8.77. The quantitative estimate of drug-likeness (QED) is 0.744. The number of hydrogen-bond acceptors (Lipinski definition) is 3. The van der Waals surface area contributed by atoms with Gasteiger partial charge in [-0.15, -0.1) is 0 Å². The summed E-state index contributed by atoms with van der Waals surface area (Å²) in [7, 11) is 0. The van der Waals surface area contributed by atoms with Crippen LogP contribution in [0.25, 0.3) is 5.69 Å². The van der Waals surface area contributed by atoms with E-state index < -0.39 is 11.6 Å². The second-order valence-corrected chi connectivity index (χ2v) is 8.59. The summed E-state index contributed by atoms with van der Waals surface area (Å²) in [5.74, 6) is -0.845. The van der Waals surface area contributed by atoms with Crippen molar-refractivity contribution in [3.05, 3.63) is 46.8 Å². The van der Waals surface area contributed by atoms with Crippen LogP contribution in [0, 0.1) is 31.4 Å². The van der Waals surface area contributed by atoms with E-state index >= 15 is 0 Å². The molecule has 2 fully saturated rings. The van der Waals surface area contributed by atoms with Crippen molar-refractivity contribution in [3.8, 4) is 5.69 Å². The van der Waals surface area contributed by atoms with E-state index in [1.165, 1.54) is 16.8 Å². The summed E-state index contributed by atoms with van der Waals surface area (Å²) in [5, 5.41) is 4.35. The predicted molar refractivity (Wildman–Crippen MR) is 112 cm³/mol. The molecule has 0 spiro atoms. The maximum atomic E-state index is 14.3. The maximum Gasteiger partial charge on any atom is 0.257 e. The van der Waals surface area contributed by atoms with Gasteiger partial charge in [-0.3, -0.25) is 9.59 Å². The minimum atomic E-state index is -0.724. The molecule has 0 N–H and O–H groups in total. The smallest absolute Gasteiger partial charge is 0.257 e. The Hall–Kier alpha value is -2.77. The number of halogens is 2. The molecule has 4 rings (SSSR count). The van der Waals surface area contributed by atoms with Gasteiger partial charge in [-0.05, 0) is 57.6 Å². The van der Waals surface area contributed by atoms with Crippen molar-refractivity contribution in [2.45, 2.75) is 46.0 Å². The van der Waals surface area contributed by atoms with Crippen LogP contribution in [0.1, 0.15) is 53.8 Å². The fourth-order valence-electron chi connectivity index (χ4n) is 4.68. The molecule has 166 valence electrons. The summed E-state index contributed by atoms with van der Waals surface area (Å²) in [6.07, 6.45) is 4.41. The minimum absolute atomic E-state index is 0.115. The Kier molecular flexibility index (Phi) is 6.07. The maximum absolute atomic E-state index is 14.3. The van der Waals surface area contributed by atoms with Crippen molar-refractivity contribution in [1.82, 2.24) is 19.6 Å². The molecule has 0 radical (unpaired) electrons.